The van der Waals surface area contributed by atoms with Gasteiger partial charge in [0.25, 0.3) is 0 Å². The maximum atomic E-state index is 12.3. The van der Waals surface area contributed by atoms with Gasteiger partial charge in [-0.05, 0) is 26.0 Å². The molecule has 0 amide bonds. The Kier molecular flexibility index (Phi) is 3.98. The van der Waals surface area contributed by atoms with Crippen molar-refractivity contribution in [1.82, 2.24) is 0 Å². The molecular formula is C19H16O4. The number of ketones is 1. The summed E-state index contributed by atoms with van der Waals surface area (Å²) in [5, 5.41) is 0.817. The Morgan fingerprint density at radius 1 is 1.04 bits per heavy atom. The highest BCUT2D eigenvalue weighted by molar-refractivity contribution is 6.01. The van der Waals surface area contributed by atoms with E-state index in [9.17, 15) is 9.59 Å². The maximum Gasteiger partial charge on any atom is 0.374 e. The first-order chi connectivity index (χ1) is 11.0. The number of rotatable bonds is 4. The fraction of sp³-hybridized carbons (Fsp3) is 0.158. The number of benzene rings is 2. The van der Waals surface area contributed by atoms with Crippen LogP contribution in [0.3, 0.4) is 0 Å². The molecule has 0 aliphatic rings. The summed E-state index contributed by atoms with van der Waals surface area (Å²) in [5.74, 6) is -0.793. The molecule has 0 fully saturated rings. The summed E-state index contributed by atoms with van der Waals surface area (Å²) in [4.78, 5) is 24.4. The lowest BCUT2D eigenvalue weighted by atomic mass is 10.1. The molecule has 4 nitrogen and oxygen atoms in total. The first-order valence-electron chi connectivity index (χ1n) is 7.35. The van der Waals surface area contributed by atoms with Crippen molar-refractivity contribution in [3.05, 3.63) is 71.5 Å². The van der Waals surface area contributed by atoms with E-state index >= 15 is 0 Å². The lowest BCUT2D eigenvalue weighted by Crippen LogP contribution is -2.24. The van der Waals surface area contributed by atoms with Gasteiger partial charge in [-0.2, -0.15) is 0 Å². The van der Waals surface area contributed by atoms with Gasteiger partial charge in [-0.25, -0.2) is 4.79 Å². The molecule has 0 aliphatic heterocycles. The zero-order valence-electron chi connectivity index (χ0n) is 12.9. The second kappa shape index (κ2) is 6.08. The van der Waals surface area contributed by atoms with Gasteiger partial charge in [-0.15, -0.1) is 0 Å². The summed E-state index contributed by atoms with van der Waals surface area (Å²) < 4.78 is 10.7. The van der Waals surface area contributed by atoms with E-state index in [-0.39, 0.29) is 11.5 Å². The molecule has 0 saturated carbocycles. The fourth-order valence-electron chi connectivity index (χ4n) is 2.31. The largest absolute Gasteiger partial charge is 0.449 e. The molecule has 116 valence electrons. The summed E-state index contributed by atoms with van der Waals surface area (Å²) in [6.07, 6.45) is -0.876. The molecule has 4 heteroatoms. The van der Waals surface area contributed by atoms with E-state index < -0.39 is 12.1 Å². The van der Waals surface area contributed by atoms with Crippen molar-refractivity contribution in [2.75, 3.05) is 0 Å². The van der Waals surface area contributed by atoms with E-state index in [1.165, 1.54) is 0 Å². The minimum atomic E-state index is -0.876. The Morgan fingerprint density at radius 2 is 1.74 bits per heavy atom. The minimum Gasteiger partial charge on any atom is -0.449 e. The van der Waals surface area contributed by atoms with E-state index in [4.69, 9.17) is 9.15 Å². The SMILES string of the molecule is Cc1ccc(C(=O)[C@@H](C)OC(=O)c2cc3ccccc3o2)cc1. The van der Waals surface area contributed by atoms with Crippen LogP contribution in [-0.2, 0) is 4.74 Å². The van der Waals surface area contributed by atoms with Gasteiger partial charge in [-0.1, -0.05) is 48.0 Å². The second-order valence-corrected chi connectivity index (χ2v) is 5.43. The highest BCUT2D eigenvalue weighted by atomic mass is 16.6. The molecule has 1 atom stereocenters. The summed E-state index contributed by atoms with van der Waals surface area (Å²) in [6.45, 7) is 3.50. The number of hydrogen-bond donors (Lipinski definition) is 0. The Hall–Kier alpha value is -2.88. The first-order valence-corrected chi connectivity index (χ1v) is 7.35. The smallest absolute Gasteiger partial charge is 0.374 e. The van der Waals surface area contributed by atoms with Crippen LogP contribution < -0.4 is 0 Å². The Balaban J connectivity index is 1.73. The quantitative estimate of drug-likeness (QED) is 0.536. The van der Waals surface area contributed by atoms with Crippen LogP contribution in [0.2, 0.25) is 0 Å². The van der Waals surface area contributed by atoms with Crippen molar-refractivity contribution in [2.45, 2.75) is 20.0 Å². The maximum absolute atomic E-state index is 12.3. The predicted octanol–water partition coefficient (Wildman–Crippen LogP) is 4.17. The number of hydrogen-bond acceptors (Lipinski definition) is 4. The highest BCUT2D eigenvalue weighted by Gasteiger charge is 2.22. The molecular weight excluding hydrogens is 292 g/mol. The van der Waals surface area contributed by atoms with Gasteiger partial charge in [0.1, 0.15) is 5.58 Å². The Labute approximate surface area is 133 Å². The van der Waals surface area contributed by atoms with Crippen LogP contribution in [0.1, 0.15) is 33.4 Å². The van der Waals surface area contributed by atoms with Crippen LogP contribution in [0.25, 0.3) is 11.0 Å². The normalized spacial score (nSPS) is 12.1. The number of Topliss-reactive ketones (excluding diaryl/α,β-unsaturated/α-hetero) is 1. The van der Waals surface area contributed by atoms with Crippen LogP contribution in [0, 0.1) is 6.92 Å². The third kappa shape index (κ3) is 3.16. The molecule has 3 aromatic rings. The van der Waals surface area contributed by atoms with Crippen molar-refractivity contribution in [3.63, 3.8) is 0 Å². The summed E-state index contributed by atoms with van der Waals surface area (Å²) >= 11 is 0. The average Bonchev–Trinajstić information content (AvgIpc) is 2.99. The lowest BCUT2D eigenvalue weighted by molar-refractivity contribution is 0.0291. The van der Waals surface area contributed by atoms with Gasteiger partial charge in [0, 0.05) is 10.9 Å². The topological polar surface area (TPSA) is 56.5 Å². The number of carbonyl (C=O) groups excluding carboxylic acids is 2. The monoisotopic (exact) mass is 308 g/mol. The Morgan fingerprint density at radius 3 is 2.43 bits per heavy atom. The third-order valence-corrected chi connectivity index (χ3v) is 3.62. The molecule has 23 heavy (non-hydrogen) atoms. The summed E-state index contributed by atoms with van der Waals surface area (Å²) in [5.41, 5.74) is 2.19. The molecule has 0 bridgehead atoms. The van der Waals surface area contributed by atoms with Gasteiger partial charge in [0.05, 0.1) is 0 Å². The Bertz CT molecular complexity index is 825. The molecule has 3 rings (SSSR count). The van der Waals surface area contributed by atoms with Crippen LogP contribution >= 0.6 is 0 Å². The van der Waals surface area contributed by atoms with Gasteiger partial charge in [0.2, 0.25) is 11.5 Å². The van der Waals surface area contributed by atoms with Crippen molar-refractivity contribution in [1.29, 1.82) is 0 Å². The molecule has 0 radical (unpaired) electrons. The number of esters is 1. The zero-order chi connectivity index (χ0) is 16.4. The third-order valence-electron chi connectivity index (χ3n) is 3.62. The zero-order valence-corrected chi connectivity index (χ0v) is 12.9. The molecule has 1 heterocycles. The van der Waals surface area contributed by atoms with Crippen LogP contribution in [-0.4, -0.2) is 17.9 Å². The van der Waals surface area contributed by atoms with Gasteiger partial charge >= 0.3 is 5.97 Å². The first kappa shape index (κ1) is 15.0. The number of carbonyl (C=O) groups is 2. The van der Waals surface area contributed by atoms with Crippen molar-refractivity contribution in [3.8, 4) is 0 Å². The van der Waals surface area contributed by atoms with E-state index in [2.05, 4.69) is 0 Å². The van der Waals surface area contributed by atoms with Gasteiger partial charge in [-0.3, -0.25) is 4.79 Å². The van der Waals surface area contributed by atoms with E-state index in [0.717, 1.165) is 10.9 Å². The molecule has 0 spiro atoms. The molecule has 0 aliphatic carbocycles. The standard InChI is InChI=1S/C19H16O4/c1-12-7-9-14(10-8-12)18(20)13(2)22-19(21)17-11-15-5-3-4-6-16(15)23-17/h3-11,13H,1-2H3/t13-/m1/s1. The van der Waals surface area contributed by atoms with Crippen molar-refractivity contribution < 1.29 is 18.7 Å². The van der Waals surface area contributed by atoms with Crippen molar-refractivity contribution in [2.24, 2.45) is 0 Å². The number of fused-ring (bicyclic) bond motifs is 1. The lowest BCUT2D eigenvalue weighted by Gasteiger charge is -2.11. The van der Waals surface area contributed by atoms with Crippen LogP contribution in [0.15, 0.2) is 59.0 Å². The highest BCUT2D eigenvalue weighted by Crippen LogP contribution is 2.20. The summed E-state index contributed by atoms with van der Waals surface area (Å²) in [7, 11) is 0. The molecule has 2 aromatic carbocycles. The fourth-order valence-corrected chi connectivity index (χ4v) is 2.31. The molecule has 0 unspecified atom stereocenters. The second-order valence-electron chi connectivity index (χ2n) is 5.43. The van der Waals surface area contributed by atoms with Crippen LogP contribution in [0.4, 0.5) is 0 Å². The molecule has 0 saturated heterocycles. The van der Waals surface area contributed by atoms with Crippen LogP contribution in [0.5, 0.6) is 0 Å². The number of furan rings is 1. The van der Waals surface area contributed by atoms with E-state index in [1.807, 2.05) is 37.3 Å². The van der Waals surface area contributed by atoms with E-state index in [1.54, 1.807) is 31.2 Å². The molecule has 0 N–H and O–H groups in total. The molecule has 1 aromatic heterocycles. The average molecular weight is 308 g/mol. The van der Waals surface area contributed by atoms with E-state index in [0.29, 0.717) is 11.1 Å². The number of ether oxygens (including phenoxy) is 1. The summed E-state index contributed by atoms with van der Waals surface area (Å²) in [6, 6.07) is 16.1. The van der Waals surface area contributed by atoms with Gasteiger partial charge in [0.15, 0.2) is 6.10 Å². The van der Waals surface area contributed by atoms with Crippen molar-refractivity contribution >= 4 is 22.7 Å². The van der Waals surface area contributed by atoms with Gasteiger partial charge < -0.3 is 9.15 Å². The predicted molar refractivity (Wildman–Crippen MR) is 86.6 cm³/mol. The minimum absolute atomic E-state index is 0.0924. The number of aryl methyl sites for hydroxylation is 1. The number of para-hydroxylation sites is 1.